The Balaban J connectivity index is 1.86. The minimum Gasteiger partial charge on any atom is -0.349 e. The van der Waals surface area contributed by atoms with Crippen molar-refractivity contribution in [2.75, 3.05) is 5.75 Å². The zero-order chi connectivity index (χ0) is 25.1. The Morgan fingerprint density at radius 3 is 2.44 bits per heavy atom. The van der Waals surface area contributed by atoms with Gasteiger partial charge in [0.1, 0.15) is 16.9 Å². The summed E-state index contributed by atoms with van der Waals surface area (Å²) in [5.41, 5.74) is -2.42. The Kier molecular flexibility index (Phi) is 5.57. The molecule has 1 amide bonds. The molecule has 1 aliphatic rings. The number of hydrogen-bond donors (Lipinski definition) is 1. The van der Waals surface area contributed by atoms with Gasteiger partial charge >= 0.3 is 12.1 Å². The summed E-state index contributed by atoms with van der Waals surface area (Å²) >= 11 is 0. The fourth-order valence-corrected chi connectivity index (χ4v) is 4.18. The monoisotopic (exact) mass is 504 g/mol. The molecule has 15 heteroatoms. The Morgan fingerprint density at radius 1 is 1.18 bits per heavy atom. The number of amides is 1. The molecule has 34 heavy (non-hydrogen) atoms. The van der Waals surface area contributed by atoms with E-state index < -0.39 is 33.5 Å². The van der Waals surface area contributed by atoms with E-state index in [1.807, 2.05) is 0 Å². The van der Waals surface area contributed by atoms with Gasteiger partial charge in [-0.05, 0) is 25.0 Å². The summed E-state index contributed by atoms with van der Waals surface area (Å²) in [7, 11) is -2.61. The molecule has 3 aromatic heterocycles. The molecule has 9 nitrogen and oxygen atoms in total. The number of fused-ring (bicyclic) bond motifs is 1. The van der Waals surface area contributed by atoms with Crippen LogP contribution in [-0.2, 0) is 22.8 Å². The zero-order valence-electron chi connectivity index (χ0n) is 17.7. The normalized spacial score (nSPS) is 15.0. The third-order valence-corrected chi connectivity index (χ3v) is 6.99. The van der Waals surface area contributed by atoms with E-state index in [9.17, 15) is 35.2 Å². The van der Waals surface area contributed by atoms with Crippen LogP contribution in [0.3, 0.4) is 0 Å². The number of carbonyl (C=O) groups is 1. The number of aromatic nitrogens is 5. The van der Waals surface area contributed by atoms with Crippen LogP contribution in [0.25, 0.3) is 22.7 Å². The minimum absolute atomic E-state index is 0.00617. The van der Waals surface area contributed by atoms with E-state index in [-0.39, 0.29) is 44.9 Å². The van der Waals surface area contributed by atoms with Crippen LogP contribution >= 0.6 is 0 Å². The number of rotatable bonds is 6. The van der Waals surface area contributed by atoms with Crippen molar-refractivity contribution in [1.82, 2.24) is 30.0 Å². The molecule has 1 N–H and O–H groups in total. The average Bonchev–Trinajstić information content (AvgIpc) is 3.53. The van der Waals surface area contributed by atoms with Crippen molar-refractivity contribution in [3.05, 3.63) is 29.6 Å². The van der Waals surface area contributed by atoms with E-state index in [2.05, 4.69) is 25.5 Å². The van der Waals surface area contributed by atoms with Gasteiger partial charge in [-0.2, -0.15) is 22.0 Å². The van der Waals surface area contributed by atoms with Gasteiger partial charge < -0.3 is 9.88 Å². The van der Waals surface area contributed by atoms with Gasteiger partial charge in [0.25, 0.3) is 5.91 Å². The molecule has 0 unspecified atom stereocenters. The molecule has 3 aromatic rings. The van der Waals surface area contributed by atoms with Gasteiger partial charge in [-0.3, -0.25) is 9.78 Å². The summed E-state index contributed by atoms with van der Waals surface area (Å²) in [5, 5.41) is 9.15. The highest BCUT2D eigenvalue weighted by Crippen LogP contribution is 2.43. The molecule has 182 valence electrons. The predicted octanol–water partition coefficient (Wildman–Crippen LogP) is 2.77. The van der Waals surface area contributed by atoms with E-state index in [1.54, 1.807) is 0 Å². The number of nitrogens with zero attached hydrogens (tertiary/aromatic N) is 5. The highest BCUT2D eigenvalue weighted by Gasteiger charge is 2.60. The minimum atomic E-state index is -5.90. The van der Waals surface area contributed by atoms with E-state index in [0.29, 0.717) is 6.07 Å². The molecule has 1 fully saturated rings. The molecule has 0 aliphatic heterocycles. The molecule has 0 atom stereocenters. The number of nitrogens with one attached hydrogen (secondary N) is 1. The van der Waals surface area contributed by atoms with Crippen LogP contribution < -0.4 is 5.32 Å². The maximum atomic E-state index is 13.7. The molecule has 3 heterocycles. The van der Waals surface area contributed by atoms with Crippen LogP contribution in [0.4, 0.5) is 22.0 Å². The largest absolute Gasteiger partial charge is 0.459 e. The summed E-state index contributed by atoms with van der Waals surface area (Å²) in [4.78, 5) is 20.1. The molecule has 0 saturated heterocycles. The highest BCUT2D eigenvalue weighted by molar-refractivity contribution is 7.91. The van der Waals surface area contributed by atoms with Crippen molar-refractivity contribution in [3.8, 4) is 11.5 Å². The topological polar surface area (TPSA) is 120 Å². The first kappa shape index (κ1) is 23.9. The van der Waals surface area contributed by atoms with Crippen LogP contribution in [0, 0.1) is 0 Å². The number of pyridine rings is 1. The van der Waals surface area contributed by atoms with Crippen LogP contribution in [0.1, 0.15) is 35.8 Å². The van der Waals surface area contributed by atoms with Gasteiger partial charge in [0.2, 0.25) is 0 Å². The standard InChI is InChI=1S/C19H17F5N6O3S/c1-3-34(32,33)12-6-9(17(31)26-10-4-5-10)8-25-14(12)16-27-11-7-13(18(20,21)19(22,23)24)28-29-15(11)30(16)2/h6-8,10H,3-5H2,1-2H3,(H,26,31). The maximum Gasteiger partial charge on any atom is 0.459 e. The number of hydrogen-bond acceptors (Lipinski definition) is 7. The van der Waals surface area contributed by atoms with Crippen molar-refractivity contribution in [2.24, 2.45) is 7.05 Å². The van der Waals surface area contributed by atoms with Crippen molar-refractivity contribution < 1.29 is 35.2 Å². The fraction of sp³-hybridized carbons (Fsp3) is 0.421. The summed E-state index contributed by atoms with van der Waals surface area (Å²) in [6, 6.07) is 1.58. The smallest absolute Gasteiger partial charge is 0.349 e. The molecule has 0 radical (unpaired) electrons. The molecule has 1 aliphatic carbocycles. The number of sulfone groups is 1. The first-order valence-corrected chi connectivity index (χ1v) is 11.6. The first-order valence-electron chi connectivity index (χ1n) is 9.95. The summed E-state index contributed by atoms with van der Waals surface area (Å²) in [5.74, 6) is -6.29. The average molecular weight is 504 g/mol. The van der Waals surface area contributed by atoms with E-state index in [4.69, 9.17) is 0 Å². The SMILES string of the molecule is CCS(=O)(=O)c1cc(C(=O)NC2CC2)cnc1-c1nc2cc(C(F)(F)C(F)(F)F)nnc2n1C. The number of aryl methyl sites for hydroxylation is 1. The fourth-order valence-electron chi connectivity index (χ4n) is 3.12. The van der Waals surface area contributed by atoms with Crippen molar-refractivity contribution >= 4 is 26.9 Å². The summed E-state index contributed by atoms with van der Waals surface area (Å²) in [6.07, 6.45) is -3.13. The second-order valence-electron chi connectivity index (χ2n) is 7.73. The second-order valence-corrected chi connectivity index (χ2v) is 9.97. The summed E-state index contributed by atoms with van der Waals surface area (Å²) in [6.45, 7) is 1.38. The Labute approximate surface area is 189 Å². The lowest BCUT2D eigenvalue weighted by atomic mass is 10.2. The van der Waals surface area contributed by atoms with Crippen molar-refractivity contribution in [1.29, 1.82) is 0 Å². The number of alkyl halides is 5. The molecular weight excluding hydrogens is 487 g/mol. The van der Waals surface area contributed by atoms with E-state index in [0.717, 1.165) is 25.1 Å². The number of halogens is 5. The van der Waals surface area contributed by atoms with Crippen LogP contribution in [0.5, 0.6) is 0 Å². The Bertz CT molecular complexity index is 1400. The Morgan fingerprint density at radius 2 is 1.85 bits per heavy atom. The van der Waals surface area contributed by atoms with Crippen molar-refractivity contribution in [3.63, 3.8) is 0 Å². The third-order valence-electron chi connectivity index (χ3n) is 5.25. The lowest BCUT2D eigenvalue weighted by molar-refractivity contribution is -0.291. The Hall–Kier alpha value is -3.23. The first-order chi connectivity index (χ1) is 15.8. The van der Waals surface area contributed by atoms with E-state index in [1.165, 1.54) is 18.5 Å². The zero-order valence-corrected chi connectivity index (χ0v) is 18.5. The van der Waals surface area contributed by atoms with Gasteiger partial charge in [0.05, 0.1) is 16.2 Å². The van der Waals surface area contributed by atoms with Gasteiger partial charge in [-0.15, -0.1) is 10.2 Å². The van der Waals surface area contributed by atoms with Gasteiger partial charge in [-0.1, -0.05) is 6.92 Å². The second kappa shape index (κ2) is 7.92. The van der Waals surface area contributed by atoms with Crippen LogP contribution in [0.15, 0.2) is 23.2 Å². The van der Waals surface area contributed by atoms with Gasteiger partial charge in [-0.25, -0.2) is 13.4 Å². The number of imidazole rings is 1. The molecule has 4 rings (SSSR count). The van der Waals surface area contributed by atoms with Crippen LogP contribution in [0.2, 0.25) is 0 Å². The molecule has 0 aromatic carbocycles. The predicted molar refractivity (Wildman–Crippen MR) is 108 cm³/mol. The summed E-state index contributed by atoms with van der Waals surface area (Å²) < 4.78 is 92.3. The van der Waals surface area contributed by atoms with Gasteiger partial charge in [0.15, 0.2) is 21.3 Å². The lowest BCUT2D eigenvalue weighted by Crippen LogP contribution is -2.34. The highest BCUT2D eigenvalue weighted by atomic mass is 32.2. The third kappa shape index (κ3) is 4.08. The lowest BCUT2D eigenvalue weighted by Gasteiger charge is -2.17. The van der Waals surface area contributed by atoms with Crippen molar-refractivity contribution in [2.45, 2.75) is 42.8 Å². The van der Waals surface area contributed by atoms with Crippen LogP contribution in [-0.4, -0.2) is 57.0 Å². The van der Waals surface area contributed by atoms with Gasteiger partial charge in [0, 0.05) is 19.3 Å². The molecule has 1 saturated carbocycles. The maximum absolute atomic E-state index is 13.7. The quantitative estimate of drug-likeness (QED) is 0.513. The molecule has 0 spiro atoms. The number of carbonyl (C=O) groups excluding carboxylic acids is 1. The molecule has 0 bridgehead atoms. The van der Waals surface area contributed by atoms with E-state index >= 15 is 0 Å². The molecular formula is C19H17F5N6O3S.